The van der Waals surface area contributed by atoms with Crippen molar-refractivity contribution in [3.8, 4) is 0 Å². The van der Waals surface area contributed by atoms with Crippen molar-refractivity contribution >= 4 is 17.8 Å². The number of piperazine rings is 1. The summed E-state index contributed by atoms with van der Waals surface area (Å²) in [6.45, 7) is 2.52. The maximum atomic E-state index is 12.1. The van der Waals surface area contributed by atoms with Crippen LogP contribution in [-0.4, -0.2) is 81.0 Å². The van der Waals surface area contributed by atoms with E-state index in [0.717, 1.165) is 6.54 Å². The molecule has 0 spiro atoms. The Kier molecular flexibility index (Phi) is 6.40. The number of carbonyl (C=O) groups excluding carboxylic acids is 3. The van der Waals surface area contributed by atoms with Crippen LogP contribution in [0.3, 0.4) is 0 Å². The molecule has 3 N–H and O–H groups in total. The molecule has 1 atom stereocenters. The number of nitrogens with zero attached hydrogens (tertiary/aromatic N) is 2. The van der Waals surface area contributed by atoms with Gasteiger partial charge in [-0.3, -0.25) is 19.8 Å². The van der Waals surface area contributed by atoms with E-state index in [0.29, 0.717) is 19.6 Å². The van der Waals surface area contributed by atoms with Gasteiger partial charge in [-0.1, -0.05) is 0 Å². The third-order valence-electron chi connectivity index (χ3n) is 3.19. The van der Waals surface area contributed by atoms with Crippen molar-refractivity contribution in [2.75, 3.05) is 47.3 Å². The number of nitrogens with one attached hydrogen (secondary N) is 3. The van der Waals surface area contributed by atoms with E-state index in [4.69, 9.17) is 0 Å². The highest BCUT2D eigenvalue weighted by Gasteiger charge is 2.29. The lowest BCUT2D eigenvalue weighted by Gasteiger charge is -2.36. The van der Waals surface area contributed by atoms with Crippen LogP contribution in [0.5, 0.6) is 0 Å². The predicted octanol–water partition coefficient (Wildman–Crippen LogP) is -1.81. The van der Waals surface area contributed by atoms with Crippen molar-refractivity contribution in [1.82, 2.24) is 25.8 Å². The number of hydrogen-bond acceptors (Lipinski definition) is 5. The van der Waals surface area contributed by atoms with Gasteiger partial charge in [-0.05, 0) is 0 Å². The summed E-state index contributed by atoms with van der Waals surface area (Å²) in [5.74, 6) is -0.331. The lowest BCUT2D eigenvalue weighted by atomic mass is 10.1. The zero-order valence-electron chi connectivity index (χ0n) is 12.2. The normalized spacial score (nSPS) is 19.2. The van der Waals surface area contributed by atoms with E-state index in [-0.39, 0.29) is 24.3 Å². The summed E-state index contributed by atoms with van der Waals surface area (Å²) in [6, 6.07) is -0.775. The molecule has 0 aromatic rings. The van der Waals surface area contributed by atoms with E-state index in [2.05, 4.69) is 16.0 Å². The molecule has 1 heterocycles. The van der Waals surface area contributed by atoms with Gasteiger partial charge in [-0.15, -0.1) is 0 Å². The Labute approximate surface area is 118 Å². The van der Waals surface area contributed by atoms with Crippen molar-refractivity contribution in [1.29, 1.82) is 0 Å². The predicted molar refractivity (Wildman–Crippen MR) is 74.1 cm³/mol. The molecule has 0 aliphatic carbocycles. The Balaban J connectivity index is 2.49. The summed E-state index contributed by atoms with van der Waals surface area (Å²) in [5.41, 5.74) is 0. The SMILES string of the molecule is CNC(=O)NC(=O)CCN1CCNCC1C(=O)N(C)C. The minimum absolute atomic E-state index is 0.0175. The number of urea groups is 1. The van der Waals surface area contributed by atoms with Crippen LogP contribution in [0.25, 0.3) is 0 Å². The first-order valence-electron chi connectivity index (χ1n) is 6.63. The highest BCUT2D eigenvalue weighted by atomic mass is 16.2. The van der Waals surface area contributed by atoms with Crippen LogP contribution in [0.2, 0.25) is 0 Å². The second kappa shape index (κ2) is 7.81. The first kappa shape index (κ1) is 16.4. The molecular formula is C12H23N5O3. The van der Waals surface area contributed by atoms with Gasteiger partial charge in [-0.25, -0.2) is 4.79 Å². The molecule has 8 nitrogen and oxygen atoms in total. The van der Waals surface area contributed by atoms with Gasteiger partial charge in [0.1, 0.15) is 6.04 Å². The maximum absolute atomic E-state index is 12.1. The largest absolute Gasteiger partial charge is 0.347 e. The third-order valence-corrected chi connectivity index (χ3v) is 3.19. The van der Waals surface area contributed by atoms with Gasteiger partial charge in [0, 0.05) is 53.7 Å². The quantitative estimate of drug-likeness (QED) is 0.566. The molecule has 1 aliphatic rings. The maximum Gasteiger partial charge on any atom is 0.321 e. The molecule has 0 radical (unpaired) electrons. The first-order chi connectivity index (χ1) is 9.45. The fourth-order valence-corrected chi connectivity index (χ4v) is 2.05. The van der Waals surface area contributed by atoms with Gasteiger partial charge >= 0.3 is 6.03 Å². The van der Waals surface area contributed by atoms with E-state index in [1.165, 1.54) is 7.05 Å². The summed E-state index contributed by atoms with van der Waals surface area (Å²) in [4.78, 5) is 38.1. The molecule has 1 aliphatic heterocycles. The second-order valence-corrected chi connectivity index (χ2v) is 4.87. The molecule has 1 fully saturated rings. The van der Waals surface area contributed by atoms with E-state index >= 15 is 0 Å². The van der Waals surface area contributed by atoms with E-state index in [1.54, 1.807) is 19.0 Å². The fourth-order valence-electron chi connectivity index (χ4n) is 2.05. The number of imide groups is 1. The van der Waals surface area contributed by atoms with E-state index < -0.39 is 6.03 Å². The van der Waals surface area contributed by atoms with Gasteiger partial charge in [-0.2, -0.15) is 0 Å². The standard InChI is InChI=1S/C12H23N5O3/c1-13-12(20)15-10(18)4-6-17-7-5-14-8-9(17)11(19)16(2)3/h9,14H,4-8H2,1-3H3,(H2,13,15,18,20). The average molecular weight is 285 g/mol. The average Bonchev–Trinajstić information content (AvgIpc) is 2.44. The van der Waals surface area contributed by atoms with Gasteiger partial charge in [0.15, 0.2) is 0 Å². The van der Waals surface area contributed by atoms with Crippen molar-refractivity contribution in [3.63, 3.8) is 0 Å². The summed E-state index contributed by atoms with van der Waals surface area (Å²) in [7, 11) is 4.88. The minimum Gasteiger partial charge on any atom is -0.347 e. The summed E-state index contributed by atoms with van der Waals surface area (Å²) in [5, 5.41) is 7.71. The first-order valence-corrected chi connectivity index (χ1v) is 6.63. The van der Waals surface area contributed by atoms with E-state index in [1.807, 2.05) is 4.90 Å². The molecular weight excluding hydrogens is 262 g/mol. The zero-order valence-corrected chi connectivity index (χ0v) is 12.2. The number of carbonyl (C=O) groups is 3. The zero-order chi connectivity index (χ0) is 15.1. The Morgan fingerprint density at radius 3 is 2.65 bits per heavy atom. The lowest BCUT2D eigenvalue weighted by molar-refractivity contribution is -0.135. The topological polar surface area (TPSA) is 93.8 Å². The van der Waals surface area contributed by atoms with Crippen molar-refractivity contribution in [2.45, 2.75) is 12.5 Å². The monoisotopic (exact) mass is 285 g/mol. The fraction of sp³-hybridized carbons (Fsp3) is 0.750. The van der Waals surface area contributed by atoms with Crippen molar-refractivity contribution < 1.29 is 14.4 Å². The van der Waals surface area contributed by atoms with Gasteiger partial charge < -0.3 is 15.5 Å². The van der Waals surface area contributed by atoms with Crippen molar-refractivity contribution in [2.24, 2.45) is 0 Å². The lowest BCUT2D eigenvalue weighted by Crippen LogP contribution is -2.58. The van der Waals surface area contributed by atoms with E-state index in [9.17, 15) is 14.4 Å². The van der Waals surface area contributed by atoms with Crippen LogP contribution in [0.1, 0.15) is 6.42 Å². The summed E-state index contributed by atoms with van der Waals surface area (Å²) < 4.78 is 0. The van der Waals surface area contributed by atoms with Gasteiger partial charge in [0.2, 0.25) is 11.8 Å². The molecule has 1 rings (SSSR count). The Morgan fingerprint density at radius 1 is 1.35 bits per heavy atom. The smallest absolute Gasteiger partial charge is 0.321 e. The molecule has 20 heavy (non-hydrogen) atoms. The molecule has 0 aromatic heterocycles. The Morgan fingerprint density at radius 2 is 2.05 bits per heavy atom. The summed E-state index contributed by atoms with van der Waals surface area (Å²) in [6.07, 6.45) is 0.185. The van der Waals surface area contributed by atoms with Crippen LogP contribution < -0.4 is 16.0 Å². The molecule has 114 valence electrons. The third kappa shape index (κ3) is 4.78. The molecule has 0 bridgehead atoms. The van der Waals surface area contributed by atoms with Crippen LogP contribution in [0, 0.1) is 0 Å². The number of hydrogen-bond donors (Lipinski definition) is 3. The van der Waals surface area contributed by atoms with Gasteiger partial charge in [0.25, 0.3) is 0 Å². The number of rotatable bonds is 4. The van der Waals surface area contributed by atoms with Crippen LogP contribution in [0.15, 0.2) is 0 Å². The molecule has 4 amide bonds. The van der Waals surface area contributed by atoms with Crippen molar-refractivity contribution in [3.05, 3.63) is 0 Å². The highest BCUT2D eigenvalue weighted by molar-refractivity contribution is 5.94. The number of amides is 4. The number of likely N-dealkylation sites (N-methyl/N-ethyl adjacent to an activating group) is 1. The second-order valence-electron chi connectivity index (χ2n) is 4.87. The Bertz CT molecular complexity index is 372. The van der Waals surface area contributed by atoms with Crippen LogP contribution in [0.4, 0.5) is 4.79 Å². The van der Waals surface area contributed by atoms with Crippen LogP contribution in [-0.2, 0) is 9.59 Å². The van der Waals surface area contributed by atoms with Gasteiger partial charge in [0.05, 0.1) is 0 Å². The summed E-state index contributed by atoms with van der Waals surface area (Å²) >= 11 is 0. The highest BCUT2D eigenvalue weighted by Crippen LogP contribution is 2.06. The molecule has 1 saturated heterocycles. The molecule has 0 aromatic carbocycles. The Hall–Kier alpha value is -1.67. The molecule has 1 unspecified atom stereocenters. The minimum atomic E-state index is -0.517. The van der Waals surface area contributed by atoms with Crippen LogP contribution >= 0.6 is 0 Å². The molecule has 8 heteroatoms. The molecule has 0 saturated carbocycles.